The van der Waals surface area contributed by atoms with Crippen LogP contribution in [0.5, 0.6) is 0 Å². The van der Waals surface area contributed by atoms with Crippen molar-refractivity contribution in [3.05, 3.63) is 47.1 Å². The lowest BCUT2D eigenvalue weighted by Crippen LogP contribution is -1.95. The molecule has 0 amide bonds. The summed E-state index contributed by atoms with van der Waals surface area (Å²) >= 11 is 7.45. The number of pyridine rings is 1. The van der Waals surface area contributed by atoms with Gasteiger partial charge in [0.1, 0.15) is 11.0 Å². The molecule has 5 heteroatoms. The highest BCUT2D eigenvalue weighted by Crippen LogP contribution is 2.19. The summed E-state index contributed by atoms with van der Waals surface area (Å²) in [5.74, 6) is 1.42. The van der Waals surface area contributed by atoms with Crippen LogP contribution < -0.4 is 0 Å². The van der Waals surface area contributed by atoms with Crippen LogP contribution >= 0.6 is 23.4 Å². The Kier molecular flexibility index (Phi) is 3.74. The molecule has 0 spiro atoms. The minimum Gasteiger partial charge on any atom is -0.250 e. The highest BCUT2D eigenvalue weighted by Gasteiger charge is 2.02. The van der Waals surface area contributed by atoms with Crippen LogP contribution in [0.25, 0.3) is 0 Å². The SMILES string of the molecule is Cc1cc(Cl)nc(CSc2ccccn2)n1. The quantitative estimate of drug-likeness (QED) is 0.621. The van der Waals surface area contributed by atoms with E-state index in [0.29, 0.717) is 10.9 Å². The zero-order valence-electron chi connectivity index (χ0n) is 8.72. The van der Waals surface area contributed by atoms with E-state index in [1.807, 2.05) is 25.1 Å². The van der Waals surface area contributed by atoms with Crippen molar-refractivity contribution in [2.45, 2.75) is 17.7 Å². The molecule has 0 aliphatic rings. The minimum absolute atomic E-state index is 0.490. The molecule has 2 rings (SSSR count). The topological polar surface area (TPSA) is 38.7 Å². The Morgan fingerprint density at radius 1 is 1.31 bits per heavy atom. The van der Waals surface area contributed by atoms with Gasteiger partial charge < -0.3 is 0 Å². The predicted octanol–water partition coefficient (Wildman–Crippen LogP) is 3.13. The van der Waals surface area contributed by atoms with Gasteiger partial charge in [0.2, 0.25) is 0 Å². The van der Waals surface area contributed by atoms with Crippen LogP contribution in [0.2, 0.25) is 5.15 Å². The van der Waals surface area contributed by atoms with E-state index in [9.17, 15) is 0 Å². The van der Waals surface area contributed by atoms with Crippen LogP contribution in [0.1, 0.15) is 11.5 Å². The maximum Gasteiger partial charge on any atom is 0.140 e. The molecule has 0 aromatic carbocycles. The molecular formula is C11H10ClN3S. The van der Waals surface area contributed by atoms with Crippen molar-refractivity contribution in [3.8, 4) is 0 Å². The highest BCUT2D eigenvalue weighted by atomic mass is 35.5. The molecule has 0 aliphatic heterocycles. The van der Waals surface area contributed by atoms with E-state index in [1.54, 1.807) is 24.0 Å². The van der Waals surface area contributed by atoms with E-state index in [-0.39, 0.29) is 0 Å². The Balaban J connectivity index is 2.05. The lowest BCUT2D eigenvalue weighted by atomic mass is 10.4. The largest absolute Gasteiger partial charge is 0.250 e. The summed E-state index contributed by atoms with van der Waals surface area (Å²) in [5, 5.41) is 1.45. The maximum atomic E-state index is 5.86. The second kappa shape index (κ2) is 5.27. The third-order valence-corrected chi connectivity index (χ3v) is 2.99. The van der Waals surface area contributed by atoms with Gasteiger partial charge in [0, 0.05) is 11.9 Å². The van der Waals surface area contributed by atoms with Crippen LogP contribution in [0.15, 0.2) is 35.5 Å². The second-order valence-electron chi connectivity index (χ2n) is 3.20. The van der Waals surface area contributed by atoms with Crippen LogP contribution in [-0.4, -0.2) is 15.0 Å². The van der Waals surface area contributed by atoms with E-state index in [4.69, 9.17) is 11.6 Å². The third-order valence-electron chi connectivity index (χ3n) is 1.86. The average molecular weight is 252 g/mol. The monoisotopic (exact) mass is 251 g/mol. The summed E-state index contributed by atoms with van der Waals surface area (Å²) in [4.78, 5) is 12.7. The van der Waals surface area contributed by atoms with Gasteiger partial charge in [-0.15, -0.1) is 0 Å². The van der Waals surface area contributed by atoms with Gasteiger partial charge in [-0.1, -0.05) is 29.4 Å². The number of halogens is 1. The number of nitrogens with zero attached hydrogens (tertiary/aromatic N) is 3. The molecule has 2 heterocycles. The lowest BCUT2D eigenvalue weighted by molar-refractivity contribution is 0.992. The second-order valence-corrected chi connectivity index (χ2v) is 4.59. The number of hydrogen-bond donors (Lipinski definition) is 0. The lowest BCUT2D eigenvalue weighted by Gasteiger charge is -2.01. The van der Waals surface area contributed by atoms with Gasteiger partial charge in [-0.3, -0.25) is 0 Å². The summed E-state index contributed by atoms with van der Waals surface area (Å²) in [6.45, 7) is 1.91. The first-order chi connectivity index (χ1) is 7.74. The predicted molar refractivity (Wildman–Crippen MR) is 65.6 cm³/mol. The zero-order chi connectivity index (χ0) is 11.4. The fourth-order valence-corrected chi connectivity index (χ4v) is 2.20. The first-order valence-corrected chi connectivity index (χ1v) is 6.14. The van der Waals surface area contributed by atoms with Crippen LogP contribution in [0.3, 0.4) is 0 Å². The fourth-order valence-electron chi connectivity index (χ4n) is 1.22. The van der Waals surface area contributed by atoms with Crippen LogP contribution in [0.4, 0.5) is 0 Å². The van der Waals surface area contributed by atoms with Crippen LogP contribution in [0, 0.1) is 6.92 Å². The Labute approximate surface area is 103 Å². The molecular weight excluding hydrogens is 242 g/mol. The van der Waals surface area contributed by atoms with Crippen molar-refractivity contribution < 1.29 is 0 Å². The zero-order valence-corrected chi connectivity index (χ0v) is 10.3. The first kappa shape index (κ1) is 11.4. The van der Waals surface area contributed by atoms with Crippen molar-refractivity contribution in [2.24, 2.45) is 0 Å². The molecule has 0 saturated carbocycles. The summed E-state index contributed by atoms with van der Waals surface area (Å²) in [5.41, 5.74) is 0.886. The summed E-state index contributed by atoms with van der Waals surface area (Å²) < 4.78 is 0. The number of rotatable bonds is 3. The Bertz CT molecular complexity index is 456. The third kappa shape index (κ3) is 3.18. The van der Waals surface area contributed by atoms with Crippen molar-refractivity contribution in [1.29, 1.82) is 0 Å². The highest BCUT2D eigenvalue weighted by molar-refractivity contribution is 7.98. The summed E-state index contributed by atoms with van der Waals surface area (Å²) in [6, 6.07) is 7.56. The van der Waals surface area contributed by atoms with Gasteiger partial charge in [0.15, 0.2) is 0 Å². The van der Waals surface area contributed by atoms with E-state index < -0.39 is 0 Å². The molecule has 0 atom stereocenters. The van der Waals surface area contributed by atoms with Crippen LogP contribution in [-0.2, 0) is 5.75 Å². The maximum absolute atomic E-state index is 5.86. The summed E-state index contributed by atoms with van der Waals surface area (Å²) in [7, 11) is 0. The van der Waals surface area contributed by atoms with Gasteiger partial charge in [-0.2, -0.15) is 0 Å². The van der Waals surface area contributed by atoms with Crippen molar-refractivity contribution in [2.75, 3.05) is 0 Å². The molecule has 2 aromatic heterocycles. The molecule has 16 heavy (non-hydrogen) atoms. The van der Waals surface area contributed by atoms with Gasteiger partial charge in [-0.25, -0.2) is 15.0 Å². The van der Waals surface area contributed by atoms with E-state index >= 15 is 0 Å². The smallest absolute Gasteiger partial charge is 0.140 e. The number of aromatic nitrogens is 3. The van der Waals surface area contributed by atoms with Gasteiger partial charge in [0.25, 0.3) is 0 Å². The Hall–Kier alpha value is -1.13. The molecule has 2 aromatic rings. The van der Waals surface area contributed by atoms with Gasteiger partial charge >= 0.3 is 0 Å². The average Bonchev–Trinajstić information content (AvgIpc) is 2.27. The van der Waals surface area contributed by atoms with Gasteiger partial charge in [0.05, 0.1) is 10.8 Å². The molecule has 0 bridgehead atoms. The van der Waals surface area contributed by atoms with E-state index in [0.717, 1.165) is 16.5 Å². The molecule has 0 fully saturated rings. The van der Waals surface area contributed by atoms with E-state index in [1.165, 1.54) is 0 Å². The number of hydrogen-bond acceptors (Lipinski definition) is 4. The Morgan fingerprint density at radius 3 is 2.88 bits per heavy atom. The van der Waals surface area contributed by atoms with Crippen molar-refractivity contribution >= 4 is 23.4 Å². The standard InChI is InChI=1S/C11H10ClN3S/c1-8-6-9(12)15-10(14-8)7-16-11-4-2-3-5-13-11/h2-6H,7H2,1H3. The molecule has 0 unspecified atom stereocenters. The van der Waals surface area contributed by atoms with Crippen molar-refractivity contribution in [3.63, 3.8) is 0 Å². The van der Waals surface area contributed by atoms with Crippen molar-refractivity contribution in [1.82, 2.24) is 15.0 Å². The number of thioether (sulfide) groups is 1. The molecule has 0 saturated heterocycles. The fraction of sp³-hybridized carbons (Fsp3) is 0.182. The minimum atomic E-state index is 0.490. The molecule has 0 radical (unpaired) electrons. The molecule has 0 N–H and O–H groups in total. The molecule has 0 aliphatic carbocycles. The first-order valence-electron chi connectivity index (χ1n) is 4.78. The van der Waals surface area contributed by atoms with Gasteiger partial charge in [-0.05, 0) is 25.1 Å². The van der Waals surface area contributed by atoms with E-state index in [2.05, 4.69) is 15.0 Å². The normalized spacial score (nSPS) is 10.4. The molecule has 82 valence electrons. The molecule has 3 nitrogen and oxygen atoms in total. The number of aryl methyl sites for hydroxylation is 1. The Morgan fingerprint density at radius 2 is 2.19 bits per heavy atom. The summed E-state index contributed by atoms with van der Waals surface area (Å²) in [6.07, 6.45) is 1.77.